The van der Waals surface area contributed by atoms with Crippen molar-refractivity contribution in [3.63, 3.8) is 0 Å². The van der Waals surface area contributed by atoms with Crippen LogP contribution in [-0.2, 0) is 11.8 Å². The summed E-state index contributed by atoms with van der Waals surface area (Å²) in [6.07, 6.45) is 5.07. The molecular formula is C19H20Cl2N2O. The van der Waals surface area contributed by atoms with Crippen molar-refractivity contribution in [1.82, 2.24) is 4.98 Å². The zero-order valence-electron chi connectivity index (χ0n) is 13.9. The van der Waals surface area contributed by atoms with Gasteiger partial charge in [-0.3, -0.25) is 0 Å². The number of benzene rings is 1. The van der Waals surface area contributed by atoms with Gasteiger partial charge in [-0.2, -0.15) is 5.26 Å². The fourth-order valence-corrected chi connectivity index (χ4v) is 2.89. The molecule has 0 amide bonds. The van der Waals surface area contributed by atoms with Crippen molar-refractivity contribution in [1.29, 1.82) is 5.26 Å². The summed E-state index contributed by atoms with van der Waals surface area (Å²) < 4.78 is 5.53. The van der Waals surface area contributed by atoms with E-state index in [0.29, 0.717) is 41.1 Å². The van der Waals surface area contributed by atoms with Crippen molar-refractivity contribution in [2.24, 2.45) is 0 Å². The van der Waals surface area contributed by atoms with Gasteiger partial charge in [0.05, 0.1) is 27.2 Å². The Morgan fingerprint density at radius 2 is 2.12 bits per heavy atom. The van der Waals surface area contributed by atoms with Crippen LogP contribution in [0, 0.1) is 11.3 Å². The molecule has 0 aliphatic carbocycles. The third-order valence-electron chi connectivity index (χ3n) is 4.11. The molecule has 2 aromatic rings. The van der Waals surface area contributed by atoms with Gasteiger partial charge in [0.1, 0.15) is 6.26 Å². The molecule has 0 fully saturated rings. The van der Waals surface area contributed by atoms with Crippen LogP contribution in [0.3, 0.4) is 0 Å². The normalized spacial score (nSPS) is 13.5. The van der Waals surface area contributed by atoms with E-state index in [-0.39, 0.29) is 0 Å². The molecular weight excluding hydrogens is 343 g/mol. The maximum absolute atomic E-state index is 9.87. The Balaban J connectivity index is 2.28. The summed E-state index contributed by atoms with van der Waals surface area (Å²) in [7, 11) is 0. The van der Waals surface area contributed by atoms with Crippen molar-refractivity contribution in [3.05, 3.63) is 64.3 Å². The minimum Gasteiger partial charge on any atom is -0.449 e. The van der Waals surface area contributed by atoms with E-state index in [0.717, 1.165) is 11.3 Å². The summed E-state index contributed by atoms with van der Waals surface area (Å²) in [5.74, 6) is 0.953. The van der Waals surface area contributed by atoms with Crippen LogP contribution in [0.25, 0.3) is 0 Å². The predicted octanol–water partition coefficient (Wildman–Crippen LogP) is 6.08. The topological polar surface area (TPSA) is 49.8 Å². The lowest BCUT2D eigenvalue weighted by Gasteiger charge is -2.25. The maximum Gasteiger partial charge on any atom is 0.194 e. The van der Waals surface area contributed by atoms with Crippen molar-refractivity contribution < 1.29 is 4.42 Å². The third-order valence-corrected chi connectivity index (χ3v) is 4.84. The Labute approximate surface area is 152 Å². The SMILES string of the molecule is C=CC[C@@](C#N)(CCc1nc(C(C)C)co1)c1ccc(Cl)c(Cl)c1. The first-order chi connectivity index (χ1) is 11.4. The largest absolute Gasteiger partial charge is 0.449 e. The average Bonchev–Trinajstić information content (AvgIpc) is 3.03. The fourth-order valence-electron chi connectivity index (χ4n) is 2.60. The van der Waals surface area contributed by atoms with Gasteiger partial charge in [0.15, 0.2) is 5.89 Å². The molecule has 0 saturated heterocycles. The van der Waals surface area contributed by atoms with Crippen LogP contribution in [0.4, 0.5) is 0 Å². The van der Waals surface area contributed by atoms with Crippen LogP contribution >= 0.6 is 23.2 Å². The molecule has 0 saturated carbocycles. The lowest BCUT2D eigenvalue weighted by molar-refractivity contribution is 0.439. The number of oxazole rings is 1. The lowest BCUT2D eigenvalue weighted by atomic mass is 9.75. The molecule has 1 heterocycles. The molecule has 0 unspecified atom stereocenters. The highest BCUT2D eigenvalue weighted by Gasteiger charge is 2.32. The number of nitriles is 1. The summed E-state index contributed by atoms with van der Waals surface area (Å²) in [6, 6.07) is 7.75. The minimum absolute atomic E-state index is 0.312. The molecule has 1 atom stereocenters. The van der Waals surface area contributed by atoms with E-state index in [9.17, 15) is 5.26 Å². The molecule has 1 aromatic carbocycles. The van der Waals surface area contributed by atoms with Gasteiger partial charge in [0.2, 0.25) is 0 Å². The van der Waals surface area contributed by atoms with Gasteiger partial charge in [-0.1, -0.05) is 49.2 Å². The van der Waals surface area contributed by atoms with E-state index in [4.69, 9.17) is 27.6 Å². The van der Waals surface area contributed by atoms with Gasteiger partial charge < -0.3 is 4.42 Å². The second-order valence-electron chi connectivity index (χ2n) is 6.14. The van der Waals surface area contributed by atoms with Crippen LogP contribution in [-0.4, -0.2) is 4.98 Å². The lowest BCUT2D eigenvalue weighted by Crippen LogP contribution is -2.24. The Morgan fingerprint density at radius 3 is 2.67 bits per heavy atom. The highest BCUT2D eigenvalue weighted by Crippen LogP contribution is 2.36. The average molecular weight is 363 g/mol. The first kappa shape index (κ1) is 18.6. The molecule has 0 aliphatic rings. The van der Waals surface area contributed by atoms with Crippen LogP contribution in [0.1, 0.15) is 49.8 Å². The molecule has 1 aromatic heterocycles. The summed E-state index contributed by atoms with van der Waals surface area (Å²) >= 11 is 12.1. The molecule has 0 radical (unpaired) electrons. The van der Waals surface area contributed by atoms with Gasteiger partial charge in [0.25, 0.3) is 0 Å². The monoisotopic (exact) mass is 362 g/mol. The van der Waals surface area contributed by atoms with Crippen molar-refractivity contribution in [2.45, 2.75) is 44.4 Å². The maximum atomic E-state index is 9.87. The molecule has 0 aliphatic heterocycles. The Kier molecular flexibility index (Phi) is 6.10. The summed E-state index contributed by atoms with van der Waals surface area (Å²) in [4.78, 5) is 4.48. The third kappa shape index (κ3) is 4.01. The molecule has 126 valence electrons. The van der Waals surface area contributed by atoms with Gasteiger partial charge >= 0.3 is 0 Å². The first-order valence-electron chi connectivity index (χ1n) is 7.84. The van der Waals surface area contributed by atoms with E-state index in [2.05, 4.69) is 31.5 Å². The highest BCUT2D eigenvalue weighted by molar-refractivity contribution is 6.42. The number of aromatic nitrogens is 1. The Morgan fingerprint density at radius 1 is 1.38 bits per heavy atom. The van der Waals surface area contributed by atoms with E-state index in [1.54, 1.807) is 24.5 Å². The highest BCUT2D eigenvalue weighted by atomic mass is 35.5. The van der Waals surface area contributed by atoms with Crippen LogP contribution in [0.15, 0.2) is 41.5 Å². The number of aryl methyl sites for hydroxylation is 1. The summed E-state index contributed by atoms with van der Waals surface area (Å²) in [5.41, 5.74) is 1.02. The van der Waals surface area contributed by atoms with Crippen LogP contribution < -0.4 is 0 Å². The second kappa shape index (κ2) is 7.88. The number of rotatable bonds is 7. The molecule has 3 nitrogen and oxygen atoms in total. The summed E-state index contributed by atoms with van der Waals surface area (Å²) in [6.45, 7) is 7.92. The molecule has 0 spiro atoms. The molecule has 5 heteroatoms. The molecule has 0 N–H and O–H groups in total. The fraction of sp³-hybridized carbons (Fsp3) is 0.368. The first-order valence-corrected chi connectivity index (χ1v) is 8.59. The Hall–Kier alpha value is -1.76. The minimum atomic E-state index is -0.734. The van der Waals surface area contributed by atoms with Crippen molar-refractivity contribution >= 4 is 23.2 Å². The number of hydrogen-bond donors (Lipinski definition) is 0. The van der Waals surface area contributed by atoms with Gasteiger partial charge in [0, 0.05) is 6.42 Å². The van der Waals surface area contributed by atoms with Gasteiger partial charge in [-0.05, 0) is 36.5 Å². The number of nitrogens with zero attached hydrogens (tertiary/aromatic N) is 2. The van der Waals surface area contributed by atoms with Crippen molar-refractivity contribution in [3.8, 4) is 6.07 Å². The molecule has 0 bridgehead atoms. The zero-order chi connectivity index (χ0) is 17.7. The standard InChI is InChI=1S/C19H20Cl2N2O/c1-4-8-19(12-22,14-5-6-15(20)16(21)10-14)9-7-18-23-17(11-24-18)13(2)3/h4-6,10-11,13H,1,7-9H2,2-3H3/t19-/m0/s1. The predicted molar refractivity (Wildman–Crippen MR) is 97.5 cm³/mol. The smallest absolute Gasteiger partial charge is 0.194 e. The molecule has 2 rings (SSSR count). The van der Waals surface area contributed by atoms with Crippen molar-refractivity contribution in [2.75, 3.05) is 0 Å². The number of hydrogen-bond acceptors (Lipinski definition) is 3. The Bertz CT molecular complexity index is 761. The van der Waals surface area contributed by atoms with Crippen LogP contribution in [0.5, 0.6) is 0 Å². The van der Waals surface area contributed by atoms with E-state index >= 15 is 0 Å². The summed E-state index contributed by atoms with van der Waals surface area (Å²) in [5, 5.41) is 10.8. The second-order valence-corrected chi connectivity index (χ2v) is 6.95. The number of halogens is 2. The van der Waals surface area contributed by atoms with Gasteiger partial charge in [-0.15, -0.1) is 6.58 Å². The van der Waals surface area contributed by atoms with E-state index in [1.807, 2.05) is 6.07 Å². The van der Waals surface area contributed by atoms with E-state index < -0.39 is 5.41 Å². The van der Waals surface area contributed by atoms with Crippen LogP contribution in [0.2, 0.25) is 10.0 Å². The van der Waals surface area contributed by atoms with Gasteiger partial charge in [-0.25, -0.2) is 4.98 Å². The zero-order valence-corrected chi connectivity index (χ0v) is 15.4. The molecule has 24 heavy (non-hydrogen) atoms. The quantitative estimate of drug-likeness (QED) is 0.561. The van der Waals surface area contributed by atoms with E-state index in [1.165, 1.54) is 0 Å². The number of allylic oxidation sites excluding steroid dienone is 1.